The van der Waals surface area contributed by atoms with E-state index in [1.165, 1.54) is 26.2 Å². The molecule has 0 heterocycles. The molecule has 1 N–H and O–H groups in total. The highest BCUT2D eigenvalue weighted by Gasteiger charge is 2.33. The molecule has 2 aromatic carbocycles. The van der Waals surface area contributed by atoms with E-state index in [1.54, 1.807) is 12.1 Å². The largest absolute Gasteiger partial charge is 0.393 e. The SMILES string of the molecule is C[Si]OC(O[Si]C)C(C)(C)c1cccc(C(O)c2ccc(S(=O)(=O)N(C)C)cc2)c1. The standard InChI is InChI=1S/C21H29NO5SSi2/c1-21(2,20(26-29-5)27-30-6)17-9-7-8-16(14-17)19(23)15-10-12-18(13-11-15)28(24,25)22(3)4/h7-14,19-20,23H,1-6H3. The summed E-state index contributed by atoms with van der Waals surface area (Å²) in [6.07, 6.45) is -1.26. The first-order valence-electron chi connectivity index (χ1n) is 9.51. The van der Waals surface area contributed by atoms with Gasteiger partial charge in [0.15, 0.2) is 0 Å². The van der Waals surface area contributed by atoms with Gasteiger partial charge in [0, 0.05) is 19.5 Å². The van der Waals surface area contributed by atoms with Crippen LogP contribution in [0.3, 0.4) is 0 Å². The van der Waals surface area contributed by atoms with E-state index in [4.69, 9.17) is 8.85 Å². The van der Waals surface area contributed by atoms with Crippen LogP contribution in [-0.4, -0.2) is 57.7 Å². The van der Waals surface area contributed by atoms with Gasteiger partial charge in [0.05, 0.1) is 4.90 Å². The molecule has 1 unspecified atom stereocenters. The highest BCUT2D eigenvalue weighted by Crippen LogP contribution is 2.33. The third-order valence-corrected chi connectivity index (χ3v) is 7.69. The lowest BCUT2D eigenvalue weighted by Crippen LogP contribution is -2.39. The fourth-order valence-electron chi connectivity index (χ4n) is 3.00. The summed E-state index contributed by atoms with van der Waals surface area (Å²) in [6.45, 7) is 8.05. The van der Waals surface area contributed by atoms with Gasteiger partial charge in [-0.1, -0.05) is 50.2 Å². The molecule has 0 bridgehead atoms. The lowest BCUT2D eigenvalue weighted by molar-refractivity contribution is -0.0433. The Morgan fingerprint density at radius 2 is 1.53 bits per heavy atom. The lowest BCUT2D eigenvalue weighted by atomic mass is 9.82. The molecule has 0 aliphatic heterocycles. The Bertz CT molecular complexity index is 927. The summed E-state index contributed by atoms with van der Waals surface area (Å²) in [5.41, 5.74) is 1.93. The van der Waals surface area contributed by atoms with Gasteiger partial charge in [-0.25, -0.2) is 12.7 Å². The molecule has 2 rings (SSSR count). The summed E-state index contributed by atoms with van der Waals surface area (Å²) in [5.74, 6) is 0. The predicted octanol–water partition coefficient (Wildman–Crippen LogP) is 2.99. The molecule has 1 atom stereocenters. The van der Waals surface area contributed by atoms with Crippen LogP contribution >= 0.6 is 0 Å². The maximum absolute atomic E-state index is 12.2. The topological polar surface area (TPSA) is 76.1 Å². The van der Waals surface area contributed by atoms with Crippen molar-refractivity contribution in [2.24, 2.45) is 0 Å². The summed E-state index contributed by atoms with van der Waals surface area (Å²) in [5, 5.41) is 10.9. The van der Waals surface area contributed by atoms with Crippen molar-refractivity contribution < 1.29 is 22.4 Å². The summed E-state index contributed by atoms with van der Waals surface area (Å²) in [4.78, 5) is 0.191. The first kappa shape index (κ1) is 24.9. The Kier molecular flexibility index (Phi) is 8.57. The average molecular weight is 464 g/mol. The van der Waals surface area contributed by atoms with Crippen molar-refractivity contribution in [3.63, 3.8) is 0 Å². The molecule has 9 heteroatoms. The quantitative estimate of drug-likeness (QED) is 0.433. The summed E-state index contributed by atoms with van der Waals surface area (Å²) in [6, 6.07) is 14.0. The van der Waals surface area contributed by atoms with Crippen LogP contribution in [0, 0.1) is 0 Å². The maximum Gasteiger partial charge on any atom is 0.242 e. The number of sulfonamides is 1. The zero-order chi connectivity index (χ0) is 22.5. The van der Waals surface area contributed by atoms with E-state index in [-0.39, 0.29) is 11.2 Å². The number of benzene rings is 2. The van der Waals surface area contributed by atoms with Gasteiger partial charge in [-0.05, 0) is 41.9 Å². The molecule has 0 saturated carbocycles. The van der Waals surface area contributed by atoms with Gasteiger partial charge in [-0.2, -0.15) is 0 Å². The smallest absolute Gasteiger partial charge is 0.242 e. The van der Waals surface area contributed by atoms with E-state index in [2.05, 4.69) is 13.8 Å². The van der Waals surface area contributed by atoms with E-state index >= 15 is 0 Å². The third kappa shape index (κ3) is 5.47. The van der Waals surface area contributed by atoms with E-state index in [0.717, 1.165) is 15.4 Å². The Morgan fingerprint density at radius 1 is 0.967 bits per heavy atom. The molecule has 0 spiro atoms. The van der Waals surface area contributed by atoms with E-state index in [9.17, 15) is 13.5 Å². The number of aliphatic hydroxyl groups is 1. The molecule has 0 saturated heterocycles. The van der Waals surface area contributed by atoms with E-state index in [0.29, 0.717) is 25.1 Å². The first-order valence-corrected chi connectivity index (χ1v) is 13.8. The molecule has 0 aliphatic carbocycles. The van der Waals surface area contributed by atoms with Crippen LogP contribution in [0.2, 0.25) is 13.1 Å². The van der Waals surface area contributed by atoms with Gasteiger partial charge in [0.25, 0.3) is 0 Å². The van der Waals surface area contributed by atoms with Gasteiger partial charge in [-0.3, -0.25) is 0 Å². The van der Waals surface area contributed by atoms with Crippen LogP contribution in [0.5, 0.6) is 0 Å². The minimum absolute atomic E-state index is 0.191. The van der Waals surface area contributed by atoms with Gasteiger partial charge < -0.3 is 14.0 Å². The maximum atomic E-state index is 12.2. The second-order valence-corrected chi connectivity index (χ2v) is 11.0. The number of nitrogens with zero attached hydrogens (tertiary/aromatic N) is 1. The molecule has 0 fully saturated rings. The first-order chi connectivity index (χ1) is 14.1. The van der Waals surface area contributed by atoms with Gasteiger partial charge in [0.1, 0.15) is 12.4 Å². The fraction of sp³-hybridized carbons (Fsp3) is 0.429. The van der Waals surface area contributed by atoms with Crippen LogP contribution in [0.15, 0.2) is 53.4 Å². The van der Waals surface area contributed by atoms with Crippen molar-refractivity contribution in [2.75, 3.05) is 14.1 Å². The fourth-order valence-corrected chi connectivity index (χ4v) is 5.12. The summed E-state index contributed by atoms with van der Waals surface area (Å²) < 4.78 is 37.3. The van der Waals surface area contributed by atoms with Crippen LogP contribution < -0.4 is 0 Å². The molecular formula is C21H29NO5SSi2. The van der Waals surface area contributed by atoms with Crippen molar-refractivity contribution in [1.29, 1.82) is 0 Å². The molecule has 2 aromatic rings. The van der Waals surface area contributed by atoms with Crippen LogP contribution in [0.1, 0.15) is 36.6 Å². The Balaban J connectivity index is 2.33. The zero-order valence-corrected chi connectivity index (χ0v) is 21.0. The van der Waals surface area contributed by atoms with Crippen LogP contribution in [0.25, 0.3) is 0 Å². The zero-order valence-electron chi connectivity index (χ0n) is 18.2. The Hall–Kier alpha value is -1.34. The van der Waals surface area contributed by atoms with Crippen molar-refractivity contribution in [3.8, 4) is 0 Å². The van der Waals surface area contributed by atoms with Crippen molar-refractivity contribution in [2.45, 2.75) is 49.6 Å². The summed E-state index contributed by atoms with van der Waals surface area (Å²) >= 11 is 0. The van der Waals surface area contributed by atoms with Gasteiger partial charge in [-0.15, -0.1) is 0 Å². The average Bonchev–Trinajstić information content (AvgIpc) is 2.73. The van der Waals surface area contributed by atoms with Crippen molar-refractivity contribution in [3.05, 3.63) is 65.2 Å². The second kappa shape index (κ2) is 10.3. The normalized spacial score (nSPS) is 13.8. The minimum Gasteiger partial charge on any atom is -0.393 e. The van der Waals surface area contributed by atoms with E-state index < -0.39 is 21.5 Å². The number of hydrogen-bond acceptors (Lipinski definition) is 5. The molecule has 4 radical (unpaired) electrons. The highest BCUT2D eigenvalue weighted by molar-refractivity contribution is 7.89. The summed E-state index contributed by atoms with van der Waals surface area (Å²) in [7, 11) is 0.0867. The monoisotopic (exact) mass is 463 g/mol. The van der Waals surface area contributed by atoms with Gasteiger partial charge in [0.2, 0.25) is 29.5 Å². The molecule has 162 valence electrons. The number of hydrogen-bond donors (Lipinski definition) is 1. The molecule has 0 amide bonds. The predicted molar refractivity (Wildman–Crippen MR) is 120 cm³/mol. The van der Waals surface area contributed by atoms with E-state index in [1.807, 2.05) is 37.4 Å². The molecule has 30 heavy (non-hydrogen) atoms. The minimum atomic E-state index is -3.51. The van der Waals surface area contributed by atoms with Gasteiger partial charge >= 0.3 is 0 Å². The molecule has 0 aromatic heterocycles. The second-order valence-electron chi connectivity index (χ2n) is 7.58. The van der Waals surface area contributed by atoms with Crippen molar-refractivity contribution in [1.82, 2.24) is 4.31 Å². The number of rotatable bonds is 10. The Labute approximate surface area is 185 Å². The van der Waals surface area contributed by atoms with Crippen molar-refractivity contribution >= 4 is 29.5 Å². The van der Waals surface area contributed by atoms with Crippen LogP contribution in [0.4, 0.5) is 0 Å². The third-order valence-electron chi connectivity index (χ3n) is 4.96. The Morgan fingerprint density at radius 3 is 2.03 bits per heavy atom. The highest BCUT2D eigenvalue weighted by atomic mass is 32.2. The number of aliphatic hydroxyl groups excluding tert-OH is 1. The molecule has 6 nitrogen and oxygen atoms in total. The van der Waals surface area contributed by atoms with Crippen LogP contribution in [-0.2, 0) is 24.3 Å². The molecule has 0 aliphatic rings. The lowest BCUT2D eigenvalue weighted by Gasteiger charge is -2.35. The molecular weight excluding hydrogens is 434 g/mol.